The van der Waals surface area contributed by atoms with Crippen LogP contribution in [-0.2, 0) is 0 Å². The van der Waals surface area contributed by atoms with Crippen molar-refractivity contribution in [2.45, 2.75) is 0 Å². The van der Waals surface area contributed by atoms with Crippen molar-refractivity contribution in [3.05, 3.63) is 23.9 Å². The summed E-state index contributed by atoms with van der Waals surface area (Å²) in [5, 5.41) is 0. The van der Waals surface area contributed by atoms with E-state index in [1.807, 2.05) is 6.26 Å². The number of carbonyl (C=O) groups is 1. The van der Waals surface area contributed by atoms with E-state index in [-0.39, 0.29) is 5.91 Å². The fourth-order valence-electron chi connectivity index (χ4n) is 1.13. The van der Waals surface area contributed by atoms with Crippen LogP contribution in [0.1, 0.15) is 10.4 Å². The molecule has 1 aromatic heterocycles. The molecule has 1 aromatic rings. The molecule has 2 N–H and O–H groups in total. The lowest BCUT2D eigenvalue weighted by Gasteiger charge is -2.16. The van der Waals surface area contributed by atoms with Crippen molar-refractivity contribution in [2.75, 3.05) is 31.3 Å². The van der Waals surface area contributed by atoms with Crippen LogP contribution in [0.15, 0.2) is 18.3 Å². The Labute approximate surface area is 93.9 Å². The molecule has 82 valence electrons. The monoisotopic (exact) mass is 225 g/mol. The highest BCUT2D eigenvalue weighted by atomic mass is 32.2. The summed E-state index contributed by atoms with van der Waals surface area (Å²) in [6.45, 7) is 0.738. The first-order chi connectivity index (χ1) is 7.15. The fraction of sp³-hybridized carbons (Fsp3) is 0.400. The van der Waals surface area contributed by atoms with Crippen molar-refractivity contribution in [1.29, 1.82) is 0 Å². The molecular weight excluding hydrogens is 210 g/mol. The molecule has 0 spiro atoms. The summed E-state index contributed by atoms with van der Waals surface area (Å²) in [4.78, 5) is 17.4. The molecule has 1 rings (SSSR count). The number of hydrogen-bond donors (Lipinski definition) is 1. The van der Waals surface area contributed by atoms with Gasteiger partial charge < -0.3 is 10.6 Å². The van der Waals surface area contributed by atoms with Crippen LogP contribution in [0.5, 0.6) is 0 Å². The summed E-state index contributed by atoms with van der Waals surface area (Å²) in [5.74, 6) is 1.29. The van der Waals surface area contributed by atoms with E-state index in [9.17, 15) is 4.79 Å². The van der Waals surface area contributed by atoms with E-state index in [0.29, 0.717) is 11.4 Å². The second-order valence-corrected chi connectivity index (χ2v) is 4.17. The number of nitrogen functional groups attached to an aromatic ring is 1. The molecule has 0 aliphatic rings. The first-order valence-electron chi connectivity index (χ1n) is 4.61. The number of hydrogen-bond acceptors (Lipinski definition) is 4. The first kappa shape index (κ1) is 11.8. The summed E-state index contributed by atoms with van der Waals surface area (Å²) in [6, 6.07) is 3.27. The second-order valence-electron chi connectivity index (χ2n) is 3.19. The van der Waals surface area contributed by atoms with Crippen LogP contribution in [0, 0.1) is 0 Å². The molecule has 0 aliphatic heterocycles. The molecule has 15 heavy (non-hydrogen) atoms. The number of amides is 1. The van der Waals surface area contributed by atoms with Gasteiger partial charge >= 0.3 is 0 Å². The molecule has 0 fully saturated rings. The Morgan fingerprint density at radius 2 is 2.40 bits per heavy atom. The normalized spacial score (nSPS) is 10.0. The third-order valence-corrected chi connectivity index (χ3v) is 2.60. The predicted octanol–water partition coefficient (Wildman–Crippen LogP) is 1.10. The highest BCUT2D eigenvalue weighted by molar-refractivity contribution is 7.98. The molecule has 5 heteroatoms. The number of rotatable bonds is 4. The molecule has 0 aromatic carbocycles. The summed E-state index contributed by atoms with van der Waals surface area (Å²) >= 11 is 1.71. The Hall–Kier alpha value is -1.23. The van der Waals surface area contributed by atoms with E-state index in [4.69, 9.17) is 5.73 Å². The van der Waals surface area contributed by atoms with Gasteiger partial charge in [-0.25, -0.2) is 4.98 Å². The van der Waals surface area contributed by atoms with Crippen LogP contribution in [0.2, 0.25) is 0 Å². The topological polar surface area (TPSA) is 59.2 Å². The largest absolute Gasteiger partial charge is 0.384 e. The maximum Gasteiger partial charge on any atom is 0.253 e. The zero-order chi connectivity index (χ0) is 11.3. The standard InChI is InChI=1S/C10H15N3OS/c1-13(5-6-15-2)10(14)8-3-4-12-9(11)7-8/h3-4,7H,5-6H2,1-2H3,(H2,11,12). The van der Waals surface area contributed by atoms with Crippen LogP contribution >= 0.6 is 11.8 Å². The van der Waals surface area contributed by atoms with Gasteiger partial charge in [-0.3, -0.25) is 4.79 Å². The molecule has 1 heterocycles. The van der Waals surface area contributed by atoms with Gasteiger partial charge in [-0.15, -0.1) is 0 Å². The number of aromatic nitrogens is 1. The van der Waals surface area contributed by atoms with E-state index in [2.05, 4.69) is 4.98 Å². The minimum absolute atomic E-state index is 0.0156. The minimum Gasteiger partial charge on any atom is -0.384 e. The molecule has 0 saturated heterocycles. The zero-order valence-corrected chi connectivity index (χ0v) is 9.75. The van der Waals surface area contributed by atoms with Crippen LogP contribution in [0.25, 0.3) is 0 Å². The summed E-state index contributed by atoms with van der Waals surface area (Å²) in [7, 11) is 1.79. The zero-order valence-electron chi connectivity index (χ0n) is 8.93. The number of anilines is 1. The van der Waals surface area contributed by atoms with Gasteiger partial charge in [-0.1, -0.05) is 0 Å². The van der Waals surface area contributed by atoms with Gasteiger partial charge in [0.25, 0.3) is 5.91 Å². The third kappa shape index (κ3) is 3.43. The van der Waals surface area contributed by atoms with Crippen molar-refractivity contribution < 1.29 is 4.79 Å². The van der Waals surface area contributed by atoms with E-state index in [1.54, 1.807) is 42.0 Å². The van der Waals surface area contributed by atoms with Crippen LogP contribution in [-0.4, -0.2) is 41.4 Å². The van der Waals surface area contributed by atoms with E-state index < -0.39 is 0 Å². The Bertz CT molecular complexity index is 343. The predicted molar refractivity (Wildman–Crippen MR) is 64.0 cm³/mol. The number of nitrogens with zero attached hydrogens (tertiary/aromatic N) is 2. The van der Waals surface area contributed by atoms with Gasteiger partial charge in [0.2, 0.25) is 0 Å². The summed E-state index contributed by atoms with van der Waals surface area (Å²) in [5.41, 5.74) is 6.10. The van der Waals surface area contributed by atoms with E-state index in [0.717, 1.165) is 12.3 Å². The van der Waals surface area contributed by atoms with Gasteiger partial charge in [0.05, 0.1) is 0 Å². The average Bonchev–Trinajstić information content (AvgIpc) is 2.24. The fourth-order valence-corrected chi connectivity index (χ4v) is 1.59. The number of thioether (sulfide) groups is 1. The van der Waals surface area contributed by atoms with Crippen molar-refractivity contribution in [2.24, 2.45) is 0 Å². The molecule has 1 amide bonds. The Balaban J connectivity index is 2.67. The van der Waals surface area contributed by atoms with E-state index >= 15 is 0 Å². The molecule has 4 nitrogen and oxygen atoms in total. The quantitative estimate of drug-likeness (QED) is 0.833. The Morgan fingerprint density at radius 3 is 3.00 bits per heavy atom. The highest BCUT2D eigenvalue weighted by Crippen LogP contribution is 2.06. The molecule has 0 saturated carbocycles. The molecule has 0 atom stereocenters. The van der Waals surface area contributed by atoms with Crippen molar-refractivity contribution in [1.82, 2.24) is 9.88 Å². The lowest BCUT2D eigenvalue weighted by atomic mass is 10.2. The highest BCUT2D eigenvalue weighted by Gasteiger charge is 2.11. The minimum atomic E-state index is -0.0156. The van der Waals surface area contributed by atoms with Crippen LogP contribution < -0.4 is 5.73 Å². The summed E-state index contributed by atoms with van der Waals surface area (Å²) < 4.78 is 0. The second kappa shape index (κ2) is 5.60. The summed E-state index contributed by atoms with van der Waals surface area (Å²) in [6.07, 6.45) is 3.56. The molecular formula is C10H15N3OS. The van der Waals surface area contributed by atoms with Gasteiger partial charge in [0.1, 0.15) is 5.82 Å². The van der Waals surface area contributed by atoms with Gasteiger partial charge in [0, 0.05) is 31.1 Å². The van der Waals surface area contributed by atoms with E-state index in [1.165, 1.54) is 0 Å². The third-order valence-electron chi connectivity index (χ3n) is 2.01. The Morgan fingerprint density at radius 1 is 1.67 bits per heavy atom. The number of carbonyl (C=O) groups excluding carboxylic acids is 1. The SMILES string of the molecule is CSCCN(C)C(=O)c1ccnc(N)c1. The molecule has 0 bridgehead atoms. The van der Waals surface area contributed by atoms with Gasteiger partial charge in [0.15, 0.2) is 0 Å². The average molecular weight is 225 g/mol. The smallest absolute Gasteiger partial charge is 0.253 e. The van der Waals surface area contributed by atoms with Crippen molar-refractivity contribution in [3.8, 4) is 0 Å². The first-order valence-corrected chi connectivity index (χ1v) is 6.00. The van der Waals surface area contributed by atoms with Gasteiger partial charge in [-0.2, -0.15) is 11.8 Å². The molecule has 0 aliphatic carbocycles. The lowest BCUT2D eigenvalue weighted by Crippen LogP contribution is -2.28. The van der Waals surface area contributed by atoms with Gasteiger partial charge in [-0.05, 0) is 18.4 Å². The van der Waals surface area contributed by atoms with Crippen molar-refractivity contribution in [3.63, 3.8) is 0 Å². The van der Waals surface area contributed by atoms with Crippen molar-refractivity contribution >= 4 is 23.5 Å². The number of pyridine rings is 1. The Kier molecular flexibility index (Phi) is 4.42. The lowest BCUT2D eigenvalue weighted by molar-refractivity contribution is 0.0803. The van der Waals surface area contributed by atoms with Crippen LogP contribution in [0.4, 0.5) is 5.82 Å². The number of nitrogens with two attached hydrogens (primary N) is 1. The van der Waals surface area contributed by atoms with Crippen LogP contribution in [0.3, 0.4) is 0 Å². The maximum atomic E-state index is 11.8. The molecule has 0 unspecified atom stereocenters. The maximum absolute atomic E-state index is 11.8. The molecule has 0 radical (unpaired) electrons.